The summed E-state index contributed by atoms with van der Waals surface area (Å²) in [4.78, 5) is 23.1. The van der Waals surface area contributed by atoms with Crippen LogP contribution in [-0.4, -0.2) is 48.2 Å². The van der Waals surface area contributed by atoms with E-state index in [4.69, 9.17) is 9.84 Å². The maximum absolute atomic E-state index is 11.5. The van der Waals surface area contributed by atoms with Crippen molar-refractivity contribution >= 4 is 11.9 Å². The number of nitrogens with zero attached hydrogens (tertiary/aromatic N) is 1. The highest BCUT2D eigenvalue weighted by Crippen LogP contribution is 1.98. The van der Waals surface area contributed by atoms with Crippen molar-refractivity contribution in [2.75, 3.05) is 20.2 Å². The van der Waals surface area contributed by atoms with Gasteiger partial charge in [0, 0.05) is 20.2 Å². The number of rotatable bonds is 6. The van der Waals surface area contributed by atoms with E-state index >= 15 is 0 Å². The Morgan fingerprint density at radius 2 is 2.07 bits per heavy atom. The summed E-state index contributed by atoms with van der Waals surface area (Å²) in [6.07, 6.45) is -0.542. The van der Waals surface area contributed by atoms with Crippen LogP contribution in [0.15, 0.2) is 0 Å². The molecular formula is C9H17NO4. The number of ether oxygens (including phenoxy) is 1. The molecule has 82 valence electrons. The molecule has 0 heterocycles. The molecule has 0 aromatic carbocycles. The lowest BCUT2D eigenvalue weighted by Crippen LogP contribution is -2.37. The van der Waals surface area contributed by atoms with Crippen LogP contribution in [0.4, 0.5) is 0 Å². The quantitative estimate of drug-likeness (QED) is 0.676. The van der Waals surface area contributed by atoms with Crippen LogP contribution in [0.25, 0.3) is 0 Å². The summed E-state index contributed by atoms with van der Waals surface area (Å²) in [6, 6.07) is 0. The van der Waals surface area contributed by atoms with E-state index < -0.39 is 12.1 Å². The Bertz CT molecular complexity index is 205. The summed E-state index contributed by atoms with van der Waals surface area (Å²) < 4.78 is 5.09. The van der Waals surface area contributed by atoms with Crippen molar-refractivity contribution < 1.29 is 19.4 Å². The number of carboxylic acid groups (broad SMARTS) is 1. The van der Waals surface area contributed by atoms with Crippen LogP contribution in [0.2, 0.25) is 0 Å². The fraction of sp³-hybridized carbons (Fsp3) is 0.778. The molecule has 1 atom stereocenters. The molecule has 0 bridgehead atoms. The van der Waals surface area contributed by atoms with Gasteiger partial charge >= 0.3 is 5.97 Å². The summed E-state index contributed by atoms with van der Waals surface area (Å²) in [5, 5.41) is 8.42. The van der Waals surface area contributed by atoms with Crippen molar-refractivity contribution in [3.05, 3.63) is 0 Å². The first kappa shape index (κ1) is 12.9. The molecule has 0 spiro atoms. The molecular weight excluding hydrogens is 186 g/mol. The van der Waals surface area contributed by atoms with E-state index in [0.29, 0.717) is 6.61 Å². The van der Waals surface area contributed by atoms with Gasteiger partial charge in [-0.05, 0) is 13.8 Å². The summed E-state index contributed by atoms with van der Waals surface area (Å²) in [7, 11) is 1.57. The first-order chi connectivity index (χ1) is 6.49. The van der Waals surface area contributed by atoms with E-state index in [2.05, 4.69) is 0 Å². The maximum atomic E-state index is 11.5. The number of carbonyl (C=O) groups excluding carboxylic acids is 1. The third kappa shape index (κ3) is 4.81. The number of amides is 1. The van der Waals surface area contributed by atoms with Gasteiger partial charge < -0.3 is 14.7 Å². The number of likely N-dealkylation sites (N-methyl/N-ethyl adjacent to an activating group) is 1. The Morgan fingerprint density at radius 1 is 1.50 bits per heavy atom. The van der Waals surface area contributed by atoms with Gasteiger partial charge in [-0.1, -0.05) is 0 Å². The van der Waals surface area contributed by atoms with E-state index in [1.807, 2.05) is 0 Å². The number of hydrogen-bond donors (Lipinski definition) is 1. The number of hydrogen-bond acceptors (Lipinski definition) is 3. The third-order valence-corrected chi connectivity index (χ3v) is 1.80. The largest absolute Gasteiger partial charge is 0.481 e. The molecule has 1 amide bonds. The maximum Gasteiger partial charge on any atom is 0.305 e. The van der Waals surface area contributed by atoms with Crippen molar-refractivity contribution in [1.29, 1.82) is 0 Å². The van der Waals surface area contributed by atoms with E-state index in [9.17, 15) is 9.59 Å². The fourth-order valence-corrected chi connectivity index (χ4v) is 1.01. The zero-order chi connectivity index (χ0) is 11.1. The second kappa shape index (κ2) is 6.37. The predicted octanol–water partition coefficient (Wildman–Crippen LogP) is 0.344. The van der Waals surface area contributed by atoms with E-state index in [1.165, 1.54) is 4.90 Å². The van der Waals surface area contributed by atoms with Crippen molar-refractivity contribution in [1.82, 2.24) is 4.90 Å². The first-order valence-corrected chi connectivity index (χ1v) is 4.57. The number of aliphatic carboxylic acids is 1. The summed E-state index contributed by atoms with van der Waals surface area (Å²) in [6.45, 7) is 4.15. The molecule has 0 aliphatic heterocycles. The highest BCUT2D eigenvalue weighted by Gasteiger charge is 2.17. The van der Waals surface area contributed by atoms with Gasteiger partial charge in [-0.3, -0.25) is 9.59 Å². The van der Waals surface area contributed by atoms with Crippen LogP contribution in [0.5, 0.6) is 0 Å². The van der Waals surface area contributed by atoms with Gasteiger partial charge in [-0.15, -0.1) is 0 Å². The van der Waals surface area contributed by atoms with Gasteiger partial charge in [0.05, 0.1) is 6.42 Å². The lowest BCUT2D eigenvalue weighted by atomic mass is 10.3. The Balaban J connectivity index is 3.91. The topological polar surface area (TPSA) is 66.8 Å². The Kier molecular flexibility index (Phi) is 5.87. The molecule has 0 aromatic heterocycles. The van der Waals surface area contributed by atoms with Gasteiger partial charge in [0.1, 0.15) is 6.10 Å². The summed E-state index contributed by atoms with van der Waals surface area (Å²) in [5.41, 5.74) is 0. The minimum Gasteiger partial charge on any atom is -0.481 e. The first-order valence-electron chi connectivity index (χ1n) is 4.57. The van der Waals surface area contributed by atoms with Crippen molar-refractivity contribution in [3.63, 3.8) is 0 Å². The van der Waals surface area contributed by atoms with Crippen LogP contribution in [-0.2, 0) is 14.3 Å². The van der Waals surface area contributed by atoms with E-state index in [-0.39, 0.29) is 18.9 Å². The van der Waals surface area contributed by atoms with E-state index in [1.54, 1.807) is 20.9 Å². The second-order valence-corrected chi connectivity index (χ2v) is 3.00. The molecule has 5 nitrogen and oxygen atoms in total. The van der Waals surface area contributed by atoms with Gasteiger partial charge in [0.2, 0.25) is 0 Å². The lowest BCUT2D eigenvalue weighted by molar-refractivity contribution is -0.142. The van der Waals surface area contributed by atoms with Crippen LogP contribution < -0.4 is 0 Å². The normalized spacial score (nSPS) is 12.2. The minimum atomic E-state index is -0.909. The lowest BCUT2D eigenvalue weighted by Gasteiger charge is -2.20. The molecule has 0 rings (SSSR count). The molecule has 14 heavy (non-hydrogen) atoms. The van der Waals surface area contributed by atoms with Gasteiger partial charge in [-0.25, -0.2) is 0 Å². The van der Waals surface area contributed by atoms with Gasteiger partial charge in [-0.2, -0.15) is 0 Å². The van der Waals surface area contributed by atoms with Crippen LogP contribution >= 0.6 is 0 Å². The predicted molar refractivity (Wildman–Crippen MR) is 51.0 cm³/mol. The molecule has 0 saturated carbocycles. The SMILES string of the molecule is CCOC(C)C(=O)N(C)CCC(=O)O. The Morgan fingerprint density at radius 3 is 2.50 bits per heavy atom. The molecule has 0 aliphatic carbocycles. The Hall–Kier alpha value is -1.10. The monoisotopic (exact) mass is 203 g/mol. The Labute approximate surface area is 83.6 Å². The van der Waals surface area contributed by atoms with Gasteiger partial charge in [0.15, 0.2) is 0 Å². The minimum absolute atomic E-state index is 0.0406. The third-order valence-electron chi connectivity index (χ3n) is 1.80. The summed E-state index contributed by atoms with van der Waals surface area (Å²) >= 11 is 0. The molecule has 0 fully saturated rings. The fourth-order valence-electron chi connectivity index (χ4n) is 1.01. The van der Waals surface area contributed by atoms with Crippen molar-refractivity contribution in [2.24, 2.45) is 0 Å². The highest BCUT2D eigenvalue weighted by atomic mass is 16.5. The number of carboxylic acids is 1. The molecule has 5 heteroatoms. The van der Waals surface area contributed by atoms with Crippen molar-refractivity contribution in [3.8, 4) is 0 Å². The van der Waals surface area contributed by atoms with E-state index in [0.717, 1.165) is 0 Å². The van der Waals surface area contributed by atoms with Crippen molar-refractivity contribution in [2.45, 2.75) is 26.4 Å². The second-order valence-electron chi connectivity index (χ2n) is 3.00. The standard InChI is InChI=1S/C9H17NO4/c1-4-14-7(2)9(13)10(3)6-5-8(11)12/h7H,4-6H2,1-3H3,(H,11,12). The average Bonchev–Trinajstić information content (AvgIpc) is 2.13. The molecule has 0 aromatic rings. The highest BCUT2D eigenvalue weighted by molar-refractivity contribution is 5.80. The van der Waals surface area contributed by atoms with Crippen LogP contribution in [0.3, 0.4) is 0 Å². The zero-order valence-electron chi connectivity index (χ0n) is 8.82. The molecule has 0 radical (unpaired) electrons. The van der Waals surface area contributed by atoms with Crippen LogP contribution in [0, 0.1) is 0 Å². The van der Waals surface area contributed by atoms with Crippen LogP contribution in [0.1, 0.15) is 20.3 Å². The smallest absolute Gasteiger partial charge is 0.305 e. The molecule has 0 saturated heterocycles. The molecule has 1 N–H and O–H groups in total. The number of carbonyl (C=O) groups is 2. The molecule has 1 unspecified atom stereocenters. The summed E-state index contributed by atoms with van der Waals surface area (Å²) in [5.74, 6) is -1.10. The average molecular weight is 203 g/mol. The van der Waals surface area contributed by atoms with Gasteiger partial charge in [0.25, 0.3) is 5.91 Å². The zero-order valence-corrected chi connectivity index (χ0v) is 8.82. The molecule has 0 aliphatic rings.